The molecule has 0 amide bonds. The summed E-state index contributed by atoms with van der Waals surface area (Å²) in [5, 5.41) is 9.33. The van der Waals surface area contributed by atoms with Crippen LogP contribution in [0.3, 0.4) is 0 Å². The van der Waals surface area contributed by atoms with Crippen molar-refractivity contribution >= 4 is 9.84 Å². The number of hydrogen-bond acceptors (Lipinski definition) is 5. The van der Waals surface area contributed by atoms with Crippen LogP contribution in [-0.4, -0.2) is 26.3 Å². The Morgan fingerprint density at radius 2 is 1.78 bits per heavy atom. The van der Waals surface area contributed by atoms with Gasteiger partial charge in [-0.25, -0.2) is 12.8 Å². The van der Waals surface area contributed by atoms with E-state index in [0.29, 0.717) is 40.2 Å². The minimum Gasteiger partial charge on any atom is -0.493 e. The summed E-state index contributed by atoms with van der Waals surface area (Å²) in [4.78, 5) is 4.26. The summed E-state index contributed by atoms with van der Waals surface area (Å²) >= 11 is 0. The van der Waals surface area contributed by atoms with Crippen molar-refractivity contribution < 1.29 is 17.5 Å². The number of rotatable bonds is 9. The number of aromatic nitrogens is 1. The second-order valence-corrected chi connectivity index (χ2v) is 9.62. The first-order valence-electron chi connectivity index (χ1n) is 10.5. The number of benzene rings is 2. The Morgan fingerprint density at radius 3 is 2.44 bits per heavy atom. The highest BCUT2D eigenvalue weighted by molar-refractivity contribution is 7.90. The van der Waals surface area contributed by atoms with Gasteiger partial charge in [-0.15, -0.1) is 0 Å². The molecule has 0 saturated heterocycles. The normalized spacial score (nSPS) is 11.2. The van der Waals surface area contributed by atoms with E-state index in [0.717, 1.165) is 31.9 Å². The highest BCUT2D eigenvalue weighted by Crippen LogP contribution is 2.41. The predicted octanol–water partition coefficient (Wildman–Crippen LogP) is 5.79. The molecule has 0 saturated carbocycles. The fraction of sp³-hybridized carbons (Fsp3) is 0.280. The van der Waals surface area contributed by atoms with Gasteiger partial charge in [0, 0.05) is 29.8 Å². The van der Waals surface area contributed by atoms with Crippen LogP contribution < -0.4 is 4.74 Å². The maximum atomic E-state index is 13.6. The highest BCUT2D eigenvalue weighted by atomic mass is 32.2. The van der Waals surface area contributed by atoms with E-state index in [1.54, 1.807) is 30.5 Å². The molecule has 3 aromatic rings. The standard InChI is InChI=1S/C25H25FN2O3S/c1-3-4-5-6-11-31-24-14-22(32(2,29)30)13-23(19-7-9-21(26)10-8-19)25(24)20-12-18(15-27)16-28-17-20/h7-10,12-14,16-17H,3-6,11H2,1-2H3. The Kier molecular flexibility index (Phi) is 7.60. The van der Waals surface area contributed by atoms with Gasteiger partial charge in [0.1, 0.15) is 17.6 Å². The summed E-state index contributed by atoms with van der Waals surface area (Å²) in [6.07, 6.45) is 8.22. The number of nitriles is 1. The van der Waals surface area contributed by atoms with Crippen molar-refractivity contribution in [3.05, 3.63) is 66.2 Å². The van der Waals surface area contributed by atoms with Gasteiger partial charge in [-0.3, -0.25) is 4.98 Å². The zero-order valence-corrected chi connectivity index (χ0v) is 19.0. The maximum absolute atomic E-state index is 13.6. The molecule has 5 nitrogen and oxygen atoms in total. The molecule has 0 aliphatic rings. The Labute approximate surface area is 188 Å². The van der Waals surface area contributed by atoms with E-state index >= 15 is 0 Å². The topological polar surface area (TPSA) is 80.1 Å². The second kappa shape index (κ2) is 10.4. The molecule has 0 aliphatic carbocycles. The van der Waals surface area contributed by atoms with E-state index in [9.17, 15) is 18.1 Å². The first-order valence-corrected chi connectivity index (χ1v) is 12.3. The first-order chi connectivity index (χ1) is 15.3. The molecule has 0 unspecified atom stereocenters. The van der Waals surface area contributed by atoms with E-state index < -0.39 is 15.7 Å². The van der Waals surface area contributed by atoms with Gasteiger partial charge in [-0.1, -0.05) is 38.3 Å². The Balaban J connectivity index is 2.22. The van der Waals surface area contributed by atoms with Gasteiger partial charge in [-0.2, -0.15) is 5.26 Å². The van der Waals surface area contributed by atoms with E-state index in [-0.39, 0.29) is 4.90 Å². The third-order valence-corrected chi connectivity index (χ3v) is 6.16. The molecular weight excluding hydrogens is 427 g/mol. The third-order valence-electron chi connectivity index (χ3n) is 5.07. The first kappa shape index (κ1) is 23.4. The van der Waals surface area contributed by atoms with Gasteiger partial charge in [0.2, 0.25) is 0 Å². The van der Waals surface area contributed by atoms with Crippen molar-refractivity contribution in [3.63, 3.8) is 0 Å². The van der Waals surface area contributed by atoms with Crippen molar-refractivity contribution in [1.82, 2.24) is 4.98 Å². The molecule has 0 radical (unpaired) electrons. The molecule has 0 bridgehead atoms. The minimum absolute atomic E-state index is 0.105. The average molecular weight is 453 g/mol. The third kappa shape index (κ3) is 5.71. The molecule has 0 aliphatic heterocycles. The summed E-state index contributed by atoms with van der Waals surface area (Å²) in [5.41, 5.74) is 2.79. The van der Waals surface area contributed by atoms with Crippen LogP contribution in [0, 0.1) is 17.1 Å². The predicted molar refractivity (Wildman–Crippen MR) is 123 cm³/mol. The summed E-state index contributed by atoms with van der Waals surface area (Å²) in [7, 11) is -3.54. The summed E-state index contributed by atoms with van der Waals surface area (Å²) in [6.45, 7) is 2.55. The van der Waals surface area contributed by atoms with Crippen molar-refractivity contribution in [2.24, 2.45) is 0 Å². The summed E-state index contributed by atoms with van der Waals surface area (Å²) in [5.74, 6) is -0.00394. The number of hydrogen-bond donors (Lipinski definition) is 0. The quantitative estimate of drug-likeness (QED) is 0.384. The smallest absolute Gasteiger partial charge is 0.175 e. The van der Waals surface area contributed by atoms with Crippen LogP contribution in [0.2, 0.25) is 0 Å². The van der Waals surface area contributed by atoms with Gasteiger partial charge in [0.15, 0.2) is 9.84 Å². The number of unbranched alkanes of at least 4 members (excludes halogenated alkanes) is 3. The largest absolute Gasteiger partial charge is 0.493 e. The lowest BCUT2D eigenvalue weighted by atomic mass is 9.94. The van der Waals surface area contributed by atoms with Gasteiger partial charge < -0.3 is 4.74 Å². The Morgan fingerprint density at radius 1 is 1.03 bits per heavy atom. The molecule has 0 N–H and O–H groups in total. The van der Waals surface area contributed by atoms with Gasteiger partial charge >= 0.3 is 0 Å². The second-order valence-electron chi connectivity index (χ2n) is 7.61. The van der Waals surface area contributed by atoms with Crippen LogP contribution >= 0.6 is 0 Å². The molecule has 0 fully saturated rings. The highest BCUT2D eigenvalue weighted by Gasteiger charge is 2.20. The number of sulfone groups is 1. The molecule has 166 valence electrons. The SMILES string of the molecule is CCCCCCOc1cc(S(C)(=O)=O)cc(-c2ccc(F)cc2)c1-c1cncc(C#N)c1. The molecule has 7 heteroatoms. The van der Waals surface area contributed by atoms with Gasteiger partial charge in [0.05, 0.1) is 17.1 Å². The van der Waals surface area contributed by atoms with Gasteiger partial charge in [0.25, 0.3) is 0 Å². The van der Waals surface area contributed by atoms with E-state index in [4.69, 9.17) is 4.74 Å². The zero-order valence-electron chi connectivity index (χ0n) is 18.1. The lowest BCUT2D eigenvalue weighted by Gasteiger charge is -2.18. The van der Waals surface area contributed by atoms with Crippen LogP contribution in [0.4, 0.5) is 4.39 Å². The Hall–Kier alpha value is -3.24. The van der Waals surface area contributed by atoms with Gasteiger partial charge in [-0.05, 0) is 47.9 Å². The molecule has 2 aromatic carbocycles. The van der Waals surface area contributed by atoms with Crippen LogP contribution in [-0.2, 0) is 9.84 Å². The zero-order chi connectivity index (χ0) is 23.1. The molecule has 1 aromatic heterocycles. The molecule has 32 heavy (non-hydrogen) atoms. The summed E-state index contributed by atoms with van der Waals surface area (Å²) < 4.78 is 44.5. The van der Waals surface area contributed by atoms with E-state index in [1.165, 1.54) is 24.4 Å². The molecule has 0 spiro atoms. The monoisotopic (exact) mass is 452 g/mol. The Bertz CT molecular complexity index is 1230. The fourth-order valence-corrected chi connectivity index (χ4v) is 4.07. The van der Waals surface area contributed by atoms with Crippen LogP contribution in [0.5, 0.6) is 5.75 Å². The fourth-order valence-electron chi connectivity index (χ4n) is 3.42. The number of ether oxygens (including phenoxy) is 1. The van der Waals surface area contributed by atoms with Crippen molar-refractivity contribution in [2.75, 3.05) is 12.9 Å². The van der Waals surface area contributed by atoms with Crippen molar-refractivity contribution in [1.29, 1.82) is 5.26 Å². The van der Waals surface area contributed by atoms with Crippen molar-refractivity contribution in [3.8, 4) is 34.1 Å². The van der Waals surface area contributed by atoms with Crippen LogP contribution in [0.15, 0.2) is 59.8 Å². The minimum atomic E-state index is -3.54. The van der Waals surface area contributed by atoms with E-state index in [2.05, 4.69) is 18.0 Å². The van der Waals surface area contributed by atoms with E-state index in [1.807, 2.05) is 0 Å². The lowest BCUT2D eigenvalue weighted by molar-refractivity contribution is 0.305. The van der Waals surface area contributed by atoms with Crippen LogP contribution in [0.1, 0.15) is 38.2 Å². The number of nitrogens with zero attached hydrogens (tertiary/aromatic N) is 2. The number of halogens is 1. The molecular formula is C25H25FN2O3S. The maximum Gasteiger partial charge on any atom is 0.175 e. The lowest BCUT2D eigenvalue weighted by Crippen LogP contribution is -2.04. The summed E-state index contributed by atoms with van der Waals surface area (Å²) in [6, 6.07) is 12.6. The van der Waals surface area contributed by atoms with Crippen molar-refractivity contribution in [2.45, 2.75) is 37.5 Å². The van der Waals surface area contributed by atoms with Crippen LogP contribution in [0.25, 0.3) is 22.3 Å². The molecule has 1 heterocycles. The average Bonchev–Trinajstić information content (AvgIpc) is 2.78. The molecule has 0 atom stereocenters. The number of pyridine rings is 1. The molecule has 3 rings (SSSR count).